The molecular weight excluding hydrogens is 364 g/mol. The second-order valence-corrected chi connectivity index (χ2v) is 6.46. The molecule has 0 saturated heterocycles. The van der Waals surface area contributed by atoms with E-state index in [-0.39, 0.29) is 0 Å². The molecule has 2 heterocycles. The van der Waals surface area contributed by atoms with Gasteiger partial charge in [0.2, 0.25) is 6.33 Å². The third-order valence-corrected chi connectivity index (χ3v) is 4.82. The lowest BCUT2D eigenvalue weighted by molar-refractivity contribution is -0.597. The molecule has 0 unspecified atom stereocenters. The van der Waals surface area contributed by atoms with Crippen molar-refractivity contribution in [1.29, 1.82) is 0 Å². The molecule has 0 spiro atoms. The van der Waals surface area contributed by atoms with E-state index < -0.39 is 0 Å². The molecule has 0 aliphatic rings. The number of fused-ring (bicyclic) bond motifs is 1. The third-order valence-electron chi connectivity index (χ3n) is 4.49. The minimum absolute atomic E-state index is 0.610. The van der Waals surface area contributed by atoms with Gasteiger partial charge in [-0.15, -0.1) is 0 Å². The van der Waals surface area contributed by atoms with Crippen LogP contribution in [0, 0.1) is 6.92 Å². The first kappa shape index (κ1) is 17.3. The Labute approximate surface area is 161 Å². The highest BCUT2D eigenvalue weighted by atomic mass is 35.5. The number of benzene rings is 2. The average Bonchev–Trinajstić information content (AvgIpc) is 3.20. The number of nitrogens with one attached hydrogen (secondary N) is 1. The summed E-state index contributed by atoms with van der Waals surface area (Å²) in [6, 6.07) is 13.7. The monoisotopic (exact) mass is 381 g/mol. The van der Waals surface area contributed by atoms with Gasteiger partial charge in [0.05, 0.1) is 24.9 Å². The van der Waals surface area contributed by atoms with E-state index in [1.54, 1.807) is 14.2 Å². The van der Waals surface area contributed by atoms with Gasteiger partial charge in [0.15, 0.2) is 11.5 Å². The fourth-order valence-corrected chi connectivity index (χ4v) is 3.53. The van der Waals surface area contributed by atoms with Gasteiger partial charge >= 0.3 is 5.95 Å². The first-order valence-corrected chi connectivity index (χ1v) is 8.74. The van der Waals surface area contributed by atoms with Crippen molar-refractivity contribution >= 4 is 22.4 Å². The molecule has 0 bridgehead atoms. The van der Waals surface area contributed by atoms with Gasteiger partial charge in [-0.2, -0.15) is 9.67 Å². The molecule has 0 aliphatic heterocycles. The number of methoxy groups -OCH3 is 2. The predicted molar refractivity (Wildman–Crippen MR) is 104 cm³/mol. The molecule has 6 nitrogen and oxygen atoms in total. The zero-order valence-electron chi connectivity index (χ0n) is 15.2. The van der Waals surface area contributed by atoms with Gasteiger partial charge in [-0.05, 0) is 42.6 Å². The maximum Gasteiger partial charge on any atom is 0.422 e. The number of rotatable bonds is 4. The zero-order valence-corrected chi connectivity index (χ0v) is 15.9. The fraction of sp³-hybridized carbons (Fsp3) is 0.150. The summed E-state index contributed by atoms with van der Waals surface area (Å²) >= 11 is 6.56. The molecule has 136 valence electrons. The Morgan fingerprint density at radius 3 is 2.44 bits per heavy atom. The maximum atomic E-state index is 6.56. The highest BCUT2D eigenvalue weighted by Gasteiger charge is 2.24. The molecular formula is C20H18ClN4O2+. The second kappa shape index (κ2) is 6.89. The molecule has 0 amide bonds. The van der Waals surface area contributed by atoms with Crippen molar-refractivity contribution in [3.8, 4) is 28.7 Å². The normalized spacial score (nSPS) is 11.0. The number of aromatic nitrogens is 4. The number of ether oxygens (including phenoxy) is 2. The molecule has 0 radical (unpaired) electrons. The summed E-state index contributed by atoms with van der Waals surface area (Å²) in [5.41, 5.74) is 2.76. The number of H-pyrrole nitrogens is 1. The van der Waals surface area contributed by atoms with Crippen LogP contribution in [0.25, 0.3) is 28.0 Å². The Kier molecular flexibility index (Phi) is 4.41. The minimum atomic E-state index is 0.610. The third kappa shape index (κ3) is 2.88. The minimum Gasteiger partial charge on any atom is -0.493 e. The first-order chi connectivity index (χ1) is 13.1. The average molecular weight is 382 g/mol. The number of hydrogen-bond donors (Lipinski definition) is 1. The number of halogens is 1. The quantitative estimate of drug-likeness (QED) is 0.545. The standard InChI is InChI=1S/C20H18ClN4O2/c1-12-8-13-9-17(26-2)18(27-3)10-15(13)19(14-6-4-5-7-16(14)21)25(12)20-22-11-23-24-20/h4-11H,1-3H3,(H,22,23,24)/q+1. The van der Waals surface area contributed by atoms with Crippen LogP contribution in [0.15, 0.2) is 48.8 Å². The largest absolute Gasteiger partial charge is 0.493 e. The number of aryl methyl sites for hydroxylation is 1. The maximum absolute atomic E-state index is 6.56. The van der Waals surface area contributed by atoms with Crippen molar-refractivity contribution in [3.05, 3.63) is 59.5 Å². The molecule has 0 fully saturated rings. The van der Waals surface area contributed by atoms with E-state index in [1.807, 2.05) is 47.9 Å². The summed E-state index contributed by atoms with van der Waals surface area (Å²) in [5, 5.41) is 9.56. The molecule has 27 heavy (non-hydrogen) atoms. The van der Waals surface area contributed by atoms with Crippen LogP contribution in [0.5, 0.6) is 11.5 Å². The molecule has 0 atom stereocenters. The van der Waals surface area contributed by atoms with Gasteiger partial charge < -0.3 is 9.47 Å². The first-order valence-electron chi connectivity index (χ1n) is 8.36. The predicted octanol–water partition coefficient (Wildman–Crippen LogP) is 3.88. The van der Waals surface area contributed by atoms with Crippen LogP contribution >= 0.6 is 11.6 Å². The Bertz CT molecular complexity index is 1130. The van der Waals surface area contributed by atoms with E-state index in [2.05, 4.69) is 21.2 Å². The van der Waals surface area contributed by atoms with Crippen LogP contribution in [0.2, 0.25) is 5.02 Å². The molecule has 2 aromatic carbocycles. The van der Waals surface area contributed by atoms with Gasteiger partial charge in [0.1, 0.15) is 5.69 Å². The number of aromatic amines is 1. The fourth-order valence-electron chi connectivity index (χ4n) is 3.30. The summed E-state index contributed by atoms with van der Waals surface area (Å²) in [4.78, 5) is 4.34. The van der Waals surface area contributed by atoms with Crippen molar-refractivity contribution in [3.63, 3.8) is 0 Å². The van der Waals surface area contributed by atoms with Gasteiger partial charge in [0, 0.05) is 10.9 Å². The molecule has 7 heteroatoms. The van der Waals surface area contributed by atoms with Crippen molar-refractivity contribution < 1.29 is 14.0 Å². The van der Waals surface area contributed by atoms with E-state index in [9.17, 15) is 0 Å². The van der Waals surface area contributed by atoms with Crippen LogP contribution < -0.4 is 14.0 Å². The lowest BCUT2D eigenvalue weighted by atomic mass is 10.0. The SMILES string of the molecule is COc1cc2cc(C)[n+](-c3ncn[nH]3)c(-c3ccccc3Cl)c2cc1OC. The lowest BCUT2D eigenvalue weighted by Gasteiger charge is -2.16. The van der Waals surface area contributed by atoms with Gasteiger partial charge in [-0.1, -0.05) is 33.8 Å². The van der Waals surface area contributed by atoms with Crippen molar-refractivity contribution in [2.75, 3.05) is 14.2 Å². The smallest absolute Gasteiger partial charge is 0.422 e. The van der Waals surface area contributed by atoms with Gasteiger partial charge in [-0.25, -0.2) is 0 Å². The van der Waals surface area contributed by atoms with Gasteiger partial charge in [0.25, 0.3) is 0 Å². The number of hydrogen-bond acceptors (Lipinski definition) is 4. The van der Waals surface area contributed by atoms with E-state index in [4.69, 9.17) is 21.1 Å². The molecule has 4 rings (SSSR count). The van der Waals surface area contributed by atoms with Crippen LogP contribution in [0.4, 0.5) is 0 Å². The number of pyridine rings is 1. The molecule has 4 aromatic rings. The lowest BCUT2D eigenvalue weighted by Crippen LogP contribution is -2.38. The highest BCUT2D eigenvalue weighted by Crippen LogP contribution is 2.38. The van der Waals surface area contributed by atoms with Crippen LogP contribution in [-0.4, -0.2) is 29.4 Å². The molecule has 2 aromatic heterocycles. The summed E-state index contributed by atoms with van der Waals surface area (Å²) < 4.78 is 13.0. The van der Waals surface area contributed by atoms with Crippen LogP contribution in [0.1, 0.15) is 5.69 Å². The molecule has 0 saturated carbocycles. The van der Waals surface area contributed by atoms with Crippen LogP contribution in [0.3, 0.4) is 0 Å². The van der Waals surface area contributed by atoms with Crippen molar-refractivity contribution in [2.45, 2.75) is 6.92 Å². The Balaban J connectivity index is 2.18. The van der Waals surface area contributed by atoms with Crippen LogP contribution in [-0.2, 0) is 0 Å². The zero-order chi connectivity index (χ0) is 19.0. The summed E-state index contributed by atoms with van der Waals surface area (Å²) in [5.74, 6) is 1.93. The van der Waals surface area contributed by atoms with Gasteiger partial charge in [-0.3, -0.25) is 0 Å². The summed E-state index contributed by atoms with van der Waals surface area (Å²) in [7, 11) is 3.25. The second-order valence-electron chi connectivity index (χ2n) is 6.05. The summed E-state index contributed by atoms with van der Waals surface area (Å²) in [6.07, 6.45) is 1.48. The Hall–Kier alpha value is -3.12. The number of nitrogens with zero attached hydrogens (tertiary/aromatic N) is 3. The van der Waals surface area contributed by atoms with E-state index in [0.717, 1.165) is 27.7 Å². The van der Waals surface area contributed by atoms with E-state index >= 15 is 0 Å². The van der Waals surface area contributed by atoms with E-state index in [1.165, 1.54) is 6.33 Å². The molecule has 0 aliphatic carbocycles. The van der Waals surface area contributed by atoms with Crippen molar-refractivity contribution in [2.24, 2.45) is 0 Å². The van der Waals surface area contributed by atoms with Crippen molar-refractivity contribution in [1.82, 2.24) is 15.2 Å². The Morgan fingerprint density at radius 1 is 1.04 bits per heavy atom. The van der Waals surface area contributed by atoms with E-state index in [0.29, 0.717) is 22.5 Å². The topological polar surface area (TPSA) is 63.9 Å². The Morgan fingerprint density at radius 2 is 1.78 bits per heavy atom. The molecule has 1 N–H and O–H groups in total. The summed E-state index contributed by atoms with van der Waals surface area (Å²) in [6.45, 7) is 2.01. The highest BCUT2D eigenvalue weighted by molar-refractivity contribution is 6.33.